The normalized spacial score (nSPS) is 18.9. The Morgan fingerprint density at radius 3 is 2.43 bits per heavy atom. The van der Waals surface area contributed by atoms with Crippen LogP contribution < -0.4 is 10.6 Å². The maximum Gasteiger partial charge on any atom is 0.418 e. The van der Waals surface area contributed by atoms with Crippen LogP contribution in [0.1, 0.15) is 37.8 Å². The second-order valence-corrected chi connectivity index (χ2v) is 6.20. The zero-order chi connectivity index (χ0) is 15.6. The van der Waals surface area contributed by atoms with E-state index in [-0.39, 0.29) is 6.04 Å². The first-order valence-electron chi connectivity index (χ1n) is 7.48. The van der Waals surface area contributed by atoms with Crippen LogP contribution in [0.25, 0.3) is 0 Å². The molecule has 1 aliphatic heterocycles. The highest BCUT2D eigenvalue weighted by molar-refractivity contribution is 5.56. The van der Waals surface area contributed by atoms with Crippen LogP contribution in [0.15, 0.2) is 18.2 Å². The van der Waals surface area contributed by atoms with E-state index in [0.717, 1.165) is 12.8 Å². The molecule has 0 radical (unpaired) electrons. The Labute approximate surface area is 124 Å². The lowest BCUT2D eigenvalue weighted by molar-refractivity contribution is -0.137. The van der Waals surface area contributed by atoms with Gasteiger partial charge in [-0.3, -0.25) is 0 Å². The van der Waals surface area contributed by atoms with Gasteiger partial charge in [0.25, 0.3) is 0 Å². The zero-order valence-electron chi connectivity index (χ0n) is 12.6. The van der Waals surface area contributed by atoms with Crippen molar-refractivity contribution in [2.24, 2.45) is 11.7 Å². The maximum atomic E-state index is 13.3. The Morgan fingerprint density at radius 2 is 1.90 bits per heavy atom. The lowest BCUT2D eigenvalue weighted by Gasteiger charge is -2.34. The summed E-state index contributed by atoms with van der Waals surface area (Å²) in [5, 5.41) is 0. The van der Waals surface area contributed by atoms with Crippen molar-refractivity contribution >= 4 is 5.69 Å². The second kappa shape index (κ2) is 6.26. The number of hydrogen-bond acceptors (Lipinski definition) is 2. The quantitative estimate of drug-likeness (QED) is 0.919. The number of rotatable bonds is 3. The Balaban J connectivity index is 2.31. The summed E-state index contributed by atoms with van der Waals surface area (Å²) >= 11 is 0. The molecule has 2 rings (SSSR count). The number of halogens is 3. The van der Waals surface area contributed by atoms with Gasteiger partial charge in [0.15, 0.2) is 0 Å². The van der Waals surface area contributed by atoms with E-state index in [9.17, 15) is 13.2 Å². The van der Waals surface area contributed by atoms with Crippen LogP contribution in [0, 0.1) is 5.92 Å². The highest BCUT2D eigenvalue weighted by Gasteiger charge is 2.35. The predicted octanol–water partition coefficient (Wildman–Crippen LogP) is 3.83. The van der Waals surface area contributed by atoms with Gasteiger partial charge in [-0.05, 0) is 49.8 Å². The van der Waals surface area contributed by atoms with Crippen molar-refractivity contribution in [3.05, 3.63) is 29.3 Å². The smallest absolute Gasteiger partial charge is 0.371 e. The van der Waals surface area contributed by atoms with Gasteiger partial charge in [-0.15, -0.1) is 0 Å². The first kappa shape index (κ1) is 16.1. The van der Waals surface area contributed by atoms with Crippen LogP contribution in [0.2, 0.25) is 0 Å². The standard InChI is InChI=1S/C16H23F3N2/c1-11-5-7-21(8-6-11)15-4-3-13(9-12(2)20)10-14(15)16(17,18)19/h3-4,10-12H,5-9,20H2,1-2H3. The molecule has 0 aromatic heterocycles. The molecule has 1 fully saturated rings. The first-order valence-corrected chi connectivity index (χ1v) is 7.48. The third kappa shape index (κ3) is 4.13. The van der Waals surface area contributed by atoms with Gasteiger partial charge in [-0.1, -0.05) is 13.0 Å². The van der Waals surface area contributed by atoms with Gasteiger partial charge in [0, 0.05) is 24.8 Å². The summed E-state index contributed by atoms with van der Waals surface area (Å²) in [6.45, 7) is 5.33. The van der Waals surface area contributed by atoms with Gasteiger partial charge in [0.05, 0.1) is 5.56 Å². The molecule has 0 amide bonds. The van der Waals surface area contributed by atoms with Crippen molar-refractivity contribution in [2.75, 3.05) is 18.0 Å². The maximum absolute atomic E-state index is 13.3. The monoisotopic (exact) mass is 300 g/mol. The summed E-state index contributed by atoms with van der Waals surface area (Å²) in [4.78, 5) is 1.86. The zero-order valence-corrected chi connectivity index (χ0v) is 12.6. The molecule has 2 N–H and O–H groups in total. The summed E-state index contributed by atoms with van der Waals surface area (Å²) in [5.41, 5.74) is 6.11. The van der Waals surface area contributed by atoms with E-state index >= 15 is 0 Å². The first-order chi connectivity index (χ1) is 9.77. The van der Waals surface area contributed by atoms with Crippen molar-refractivity contribution in [3.8, 4) is 0 Å². The van der Waals surface area contributed by atoms with E-state index < -0.39 is 11.7 Å². The van der Waals surface area contributed by atoms with Gasteiger partial charge in [0.2, 0.25) is 0 Å². The molecule has 1 atom stereocenters. The lowest BCUT2D eigenvalue weighted by atomic mass is 9.97. The number of alkyl halides is 3. The van der Waals surface area contributed by atoms with Crippen LogP contribution in [0.4, 0.5) is 18.9 Å². The fourth-order valence-electron chi connectivity index (χ4n) is 2.83. The Hall–Kier alpha value is -1.23. The SMILES string of the molecule is CC(N)Cc1ccc(N2CCC(C)CC2)c(C(F)(F)F)c1. The van der Waals surface area contributed by atoms with Crippen molar-refractivity contribution in [2.45, 2.75) is 45.3 Å². The van der Waals surface area contributed by atoms with E-state index in [0.29, 0.717) is 36.7 Å². The average Bonchev–Trinajstić information content (AvgIpc) is 2.38. The molecule has 1 heterocycles. The molecule has 2 nitrogen and oxygen atoms in total. The largest absolute Gasteiger partial charge is 0.418 e. The topological polar surface area (TPSA) is 29.3 Å². The molecule has 0 aliphatic carbocycles. The molecule has 0 saturated carbocycles. The molecule has 1 aromatic carbocycles. The van der Waals surface area contributed by atoms with Gasteiger partial charge < -0.3 is 10.6 Å². The van der Waals surface area contributed by atoms with Crippen LogP contribution in [0.3, 0.4) is 0 Å². The molecule has 0 spiro atoms. The number of hydrogen-bond donors (Lipinski definition) is 1. The van der Waals surface area contributed by atoms with E-state index in [4.69, 9.17) is 5.73 Å². The van der Waals surface area contributed by atoms with E-state index in [1.54, 1.807) is 19.1 Å². The van der Waals surface area contributed by atoms with Gasteiger partial charge >= 0.3 is 6.18 Å². The summed E-state index contributed by atoms with van der Waals surface area (Å²) in [6.07, 6.45) is -1.98. The summed E-state index contributed by atoms with van der Waals surface area (Å²) in [7, 11) is 0. The Kier molecular flexibility index (Phi) is 4.81. The highest BCUT2D eigenvalue weighted by Crippen LogP contribution is 2.38. The van der Waals surface area contributed by atoms with Crippen molar-refractivity contribution < 1.29 is 13.2 Å². The summed E-state index contributed by atoms with van der Waals surface area (Å²) in [5.74, 6) is 0.591. The summed E-state index contributed by atoms with van der Waals surface area (Å²) < 4.78 is 40.0. The fraction of sp³-hybridized carbons (Fsp3) is 0.625. The van der Waals surface area contributed by atoms with Gasteiger partial charge in [0.1, 0.15) is 0 Å². The third-order valence-electron chi connectivity index (χ3n) is 4.05. The van der Waals surface area contributed by atoms with Crippen molar-refractivity contribution in [3.63, 3.8) is 0 Å². The number of nitrogens with zero attached hydrogens (tertiary/aromatic N) is 1. The molecular weight excluding hydrogens is 277 g/mol. The molecule has 21 heavy (non-hydrogen) atoms. The van der Waals surface area contributed by atoms with Crippen molar-refractivity contribution in [1.29, 1.82) is 0 Å². The molecule has 118 valence electrons. The number of benzene rings is 1. The van der Waals surface area contributed by atoms with Crippen molar-refractivity contribution in [1.82, 2.24) is 0 Å². The van der Waals surface area contributed by atoms with Crippen LogP contribution in [0.5, 0.6) is 0 Å². The molecule has 1 unspecified atom stereocenters. The number of nitrogens with two attached hydrogens (primary N) is 1. The summed E-state index contributed by atoms with van der Waals surface area (Å²) in [6, 6.07) is 4.49. The van der Waals surface area contributed by atoms with E-state index in [1.807, 2.05) is 4.90 Å². The number of anilines is 1. The minimum absolute atomic E-state index is 0.146. The lowest BCUT2D eigenvalue weighted by Crippen LogP contribution is -2.34. The molecular formula is C16H23F3N2. The molecule has 1 aromatic rings. The fourth-order valence-corrected chi connectivity index (χ4v) is 2.83. The second-order valence-electron chi connectivity index (χ2n) is 6.20. The Morgan fingerprint density at radius 1 is 1.29 bits per heavy atom. The minimum Gasteiger partial charge on any atom is -0.371 e. The average molecular weight is 300 g/mol. The minimum atomic E-state index is -4.33. The third-order valence-corrected chi connectivity index (χ3v) is 4.05. The highest BCUT2D eigenvalue weighted by atomic mass is 19.4. The van der Waals surface area contributed by atoms with Crippen LogP contribution in [-0.2, 0) is 12.6 Å². The van der Waals surface area contributed by atoms with Gasteiger partial charge in [-0.2, -0.15) is 13.2 Å². The number of piperidine rings is 1. The Bertz CT molecular complexity index is 475. The van der Waals surface area contributed by atoms with E-state index in [2.05, 4.69) is 6.92 Å². The molecule has 0 bridgehead atoms. The molecule has 1 saturated heterocycles. The van der Waals surface area contributed by atoms with E-state index in [1.165, 1.54) is 6.07 Å². The predicted molar refractivity (Wildman–Crippen MR) is 79.4 cm³/mol. The van der Waals surface area contributed by atoms with Gasteiger partial charge in [-0.25, -0.2) is 0 Å². The molecule has 5 heteroatoms. The van der Waals surface area contributed by atoms with Crippen LogP contribution in [-0.4, -0.2) is 19.1 Å². The molecule has 1 aliphatic rings. The van der Waals surface area contributed by atoms with Crippen LogP contribution >= 0.6 is 0 Å².